The molecule has 0 radical (unpaired) electrons. The first-order chi connectivity index (χ1) is 9.62. The van der Waals surface area contributed by atoms with Crippen molar-refractivity contribution in [1.29, 1.82) is 0 Å². The van der Waals surface area contributed by atoms with Crippen molar-refractivity contribution in [3.63, 3.8) is 0 Å². The third kappa shape index (κ3) is 6.50. The fourth-order valence-electron chi connectivity index (χ4n) is 1.44. The summed E-state index contributed by atoms with van der Waals surface area (Å²) in [5, 5.41) is 5.43. The summed E-state index contributed by atoms with van der Waals surface area (Å²) < 4.78 is 41.7. The zero-order valence-corrected chi connectivity index (χ0v) is 12.6. The zero-order chi connectivity index (χ0) is 16.1. The van der Waals surface area contributed by atoms with Gasteiger partial charge in [-0.15, -0.1) is 0 Å². The highest BCUT2D eigenvalue weighted by Crippen LogP contribution is 2.22. The van der Waals surface area contributed by atoms with E-state index in [1.807, 2.05) is 20.8 Å². The SMILES string of the molecule is CN=C(NCCC(F)(F)F)NCc1ncc(C(C)(C)C)o1. The second-order valence-corrected chi connectivity index (χ2v) is 5.59. The third-order valence-electron chi connectivity index (χ3n) is 2.62. The van der Waals surface area contributed by atoms with Crippen molar-refractivity contribution in [3.05, 3.63) is 17.8 Å². The van der Waals surface area contributed by atoms with Crippen LogP contribution in [0.4, 0.5) is 13.2 Å². The lowest BCUT2D eigenvalue weighted by atomic mass is 9.94. The number of hydrogen-bond donors (Lipinski definition) is 2. The van der Waals surface area contributed by atoms with Crippen molar-refractivity contribution in [3.8, 4) is 0 Å². The van der Waals surface area contributed by atoms with E-state index in [0.717, 1.165) is 5.76 Å². The Morgan fingerprint density at radius 3 is 2.43 bits per heavy atom. The lowest BCUT2D eigenvalue weighted by molar-refractivity contribution is -0.132. The summed E-state index contributed by atoms with van der Waals surface area (Å²) in [5.41, 5.74) is -0.141. The normalized spacial score (nSPS) is 13.4. The molecular weight excluding hydrogens is 285 g/mol. The number of guanidine groups is 1. The molecule has 1 rings (SSSR count). The molecule has 0 aliphatic heterocycles. The highest BCUT2D eigenvalue weighted by molar-refractivity contribution is 5.79. The number of nitrogens with one attached hydrogen (secondary N) is 2. The van der Waals surface area contributed by atoms with Gasteiger partial charge in [-0.2, -0.15) is 13.2 Å². The number of alkyl halides is 3. The smallest absolute Gasteiger partial charge is 0.390 e. The quantitative estimate of drug-likeness (QED) is 0.663. The topological polar surface area (TPSA) is 62.5 Å². The second-order valence-electron chi connectivity index (χ2n) is 5.59. The van der Waals surface area contributed by atoms with Gasteiger partial charge in [-0.05, 0) is 0 Å². The minimum absolute atomic E-state index is 0.141. The molecule has 5 nitrogen and oxygen atoms in total. The molecule has 0 aromatic carbocycles. The molecule has 0 fully saturated rings. The van der Waals surface area contributed by atoms with Crippen LogP contribution in [0.15, 0.2) is 15.6 Å². The van der Waals surface area contributed by atoms with Crippen LogP contribution < -0.4 is 10.6 Å². The first-order valence-electron chi connectivity index (χ1n) is 6.58. The minimum Gasteiger partial charge on any atom is -0.443 e. The Bertz CT molecular complexity index is 474. The highest BCUT2D eigenvalue weighted by Gasteiger charge is 2.26. The molecular formula is C13H21F3N4O. The van der Waals surface area contributed by atoms with Gasteiger partial charge in [0.1, 0.15) is 5.76 Å². The van der Waals surface area contributed by atoms with Crippen molar-refractivity contribution >= 4 is 5.96 Å². The molecule has 21 heavy (non-hydrogen) atoms. The van der Waals surface area contributed by atoms with Crippen molar-refractivity contribution in [2.75, 3.05) is 13.6 Å². The van der Waals surface area contributed by atoms with Crippen LogP contribution in [0.5, 0.6) is 0 Å². The summed E-state index contributed by atoms with van der Waals surface area (Å²) in [4.78, 5) is 7.95. The van der Waals surface area contributed by atoms with Gasteiger partial charge in [-0.1, -0.05) is 20.8 Å². The van der Waals surface area contributed by atoms with Gasteiger partial charge in [0.05, 0.1) is 19.2 Å². The Labute approximate surface area is 122 Å². The van der Waals surface area contributed by atoms with Gasteiger partial charge in [0.2, 0.25) is 5.89 Å². The molecule has 0 atom stereocenters. The number of aromatic nitrogens is 1. The molecule has 1 aromatic rings. The summed E-state index contributed by atoms with van der Waals surface area (Å²) in [6, 6.07) is 0. The van der Waals surface area contributed by atoms with Gasteiger partial charge >= 0.3 is 6.18 Å². The van der Waals surface area contributed by atoms with E-state index in [4.69, 9.17) is 4.42 Å². The molecule has 0 bridgehead atoms. The van der Waals surface area contributed by atoms with E-state index in [0.29, 0.717) is 5.89 Å². The number of aliphatic imine (C=N–C) groups is 1. The van der Waals surface area contributed by atoms with E-state index >= 15 is 0 Å². The first-order valence-corrected chi connectivity index (χ1v) is 6.58. The summed E-state index contributed by atoms with van der Waals surface area (Å²) in [5.74, 6) is 1.48. The molecule has 120 valence electrons. The van der Waals surface area contributed by atoms with Crippen LogP contribution in [0.25, 0.3) is 0 Å². The number of rotatable bonds is 4. The van der Waals surface area contributed by atoms with Gasteiger partial charge < -0.3 is 15.1 Å². The van der Waals surface area contributed by atoms with Crippen LogP contribution in [0.3, 0.4) is 0 Å². The van der Waals surface area contributed by atoms with Crippen LogP contribution in [-0.4, -0.2) is 30.7 Å². The van der Waals surface area contributed by atoms with Gasteiger partial charge in [-0.3, -0.25) is 4.99 Å². The Kier molecular flexibility index (Phi) is 5.62. The molecule has 0 aliphatic rings. The molecule has 0 amide bonds. The van der Waals surface area contributed by atoms with E-state index in [1.54, 1.807) is 6.20 Å². The largest absolute Gasteiger partial charge is 0.443 e. The Morgan fingerprint density at radius 1 is 1.29 bits per heavy atom. The standard InChI is InChI=1S/C13H21F3N4O/c1-12(2,3)9-7-19-10(21-9)8-20-11(17-4)18-6-5-13(14,15)16/h7H,5-6,8H2,1-4H3,(H2,17,18,20). The molecule has 0 unspecified atom stereocenters. The molecule has 0 spiro atoms. The van der Waals surface area contributed by atoms with Crippen LogP contribution in [0.2, 0.25) is 0 Å². The van der Waals surface area contributed by atoms with Crippen LogP contribution in [0.1, 0.15) is 38.8 Å². The Morgan fingerprint density at radius 2 is 1.95 bits per heavy atom. The fourth-order valence-corrected chi connectivity index (χ4v) is 1.44. The Hall–Kier alpha value is -1.73. The lowest BCUT2D eigenvalue weighted by Crippen LogP contribution is -2.38. The predicted octanol–water partition coefficient (Wildman–Crippen LogP) is 2.59. The fraction of sp³-hybridized carbons (Fsp3) is 0.692. The van der Waals surface area contributed by atoms with Crippen LogP contribution in [-0.2, 0) is 12.0 Å². The van der Waals surface area contributed by atoms with Gasteiger partial charge in [0.15, 0.2) is 5.96 Å². The lowest BCUT2D eigenvalue weighted by Gasteiger charge is -2.13. The average Bonchev–Trinajstić information content (AvgIpc) is 2.80. The molecule has 2 N–H and O–H groups in total. The number of halogens is 3. The number of nitrogens with zero attached hydrogens (tertiary/aromatic N) is 2. The van der Waals surface area contributed by atoms with Gasteiger partial charge in [-0.25, -0.2) is 4.98 Å². The van der Waals surface area contributed by atoms with E-state index in [9.17, 15) is 13.2 Å². The van der Waals surface area contributed by atoms with Gasteiger partial charge in [0, 0.05) is 19.0 Å². The van der Waals surface area contributed by atoms with Crippen molar-refractivity contribution < 1.29 is 17.6 Å². The summed E-state index contributed by atoms with van der Waals surface area (Å²) in [6.07, 6.45) is -3.45. The number of oxazole rings is 1. The number of hydrogen-bond acceptors (Lipinski definition) is 3. The summed E-state index contributed by atoms with van der Waals surface area (Å²) >= 11 is 0. The minimum atomic E-state index is -4.18. The molecule has 0 saturated heterocycles. The molecule has 1 aromatic heterocycles. The highest BCUT2D eigenvalue weighted by atomic mass is 19.4. The maximum Gasteiger partial charge on any atom is 0.390 e. The summed E-state index contributed by atoms with van der Waals surface area (Å²) in [6.45, 7) is 6.02. The third-order valence-corrected chi connectivity index (χ3v) is 2.62. The zero-order valence-electron chi connectivity index (χ0n) is 12.6. The van der Waals surface area contributed by atoms with Crippen LogP contribution >= 0.6 is 0 Å². The maximum atomic E-state index is 12.0. The van der Waals surface area contributed by atoms with E-state index in [2.05, 4.69) is 20.6 Å². The Balaban J connectivity index is 2.44. The average molecular weight is 306 g/mol. The van der Waals surface area contributed by atoms with E-state index < -0.39 is 12.6 Å². The molecule has 8 heteroatoms. The predicted molar refractivity (Wildman–Crippen MR) is 74.1 cm³/mol. The molecule has 1 heterocycles. The molecule has 0 saturated carbocycles. The second kappa shape index (κ2) is 6.82. The monoisotopic (exact) mass is 306 g/mol. The maximum absolute atomic E-state index is 12.0. The van der Waals surface area contributed by atoms with Crippen molar-refractivity contribution in [1.82, 2.24) is 15.6 Å². The molecule has 0 aliphatic carbocycles. The van der Waals surface area contributed by atoms with E-state index in [-0.39, 0.29) is 24.5 Å². The summed E-state index contributed by atoms with van der Waals surface area (Å²) in [7, 11) is 1.49. The van der Waals surface area contributed by atoms with Crippen LogP contribution in [0, 0.1) is 0 Å². The van der Waals surface area contributed by atoms with E-state index in [1.165, 1.54) is 7.05 Å². The van der Waals surface area contributed by atoms with Gasteiger partial charge in [0.25, 0.3) is 0 Å². The van der Waals surface area contributed by atoms with Crippen molar-refractivity contribution in [2.45, 2.75) is 45.3 Å². The van der Waals surface area contributed by atoms with Crippen molar-refractivity contribution in [2.24, 2.45) is 4.99 Å². The first kappa shape index (κ1) is 17.3.